The van der Waals surface area contributed by atoms with E-state index in [1.165, 1.54) is 0 Å². The van der Waals surface area contributed by atoms with E-state index in [2.05, 4.69) is 10.6 Å². The predicted octanol–water partition coefficient (Wildman–Crippen LogP) is 2.02. The van der Waals surface area contributed by atoms with E-state index in [1.807, 2.05) is 25.1 Å². The van der Waals surface area contributed by atoms with E-state index < -0.39 is 5.91 Å². The van der Waals surface area contributed by atoms with Gasteiger partial charge in [-0.05, 0) is 69.6 Å². The number of hydrogen-bond donors (Lipinski definition) is 3. The van der Waals surface area contributed by atoms with Crippen molar-refractivity contribution in [2.24, 2.45) is 17.1 Å². The highest BCUT2D eigenvalue weighted by Gasteiger charge is 2.57. The van der Waals surface area contributed by atoms with Crippen molar-refractivity contribution in [3.8, 4) is 0 Å². The monoisotopic (exact) mass is 402 g/mol. The minimum Gasteiger partial charge on any atom is -0.366 e. The van der Waals surface area contributed by atoms with Gasteiger partial charge in [0.1, 0.15) is 0 Å². The number of carbonyl (C=O) groups is 2. The Morgan fingerprint density at radius 3 is 2.50 bits per heavy atom. The summed E-state index contributed by atoms with van der Waals surface area (Å²) in [5.74, 6) is -0.328. The molecule has 1 aromatic rings. The molecule has 146 valence electrons. The number of piperidine rings is 1. The fourth-order valence-corrected chi connectivity index (χ4v) is 3.74. The first-order chi connectivity index (χ1) is 11.4. The van der Waals surface area contributed by atoms with Crippen LogP contribution in [0, 0.1) is 11.3 Å². The first-order valence-corrected chi connectivity index (χ1v) is 8.50. The molecule has 1 atom stereocenters. The van der Waals surface area contributed by atoms with Gasteiger partial charge in [-0.25, -0.2) is 0 Å². The van der Waals surface area contributed by atoms with Gasteiger partial charge in [-0.2, -0.15) is 0 Å². The molecule has 6 nitrogen and oxygen atoms in total. The van der Waals surface area contributed by atoms with Crippen LogP contribution in [-0.2, 0) is 11.3 Å². The summed E-state index contributed by atoms with van der Waals surface area (Å²) in [5.41, 5.74) is 7.67. The largest absolute Gasteiger partial charge is 0.366 e. The molecule has 1 heterocycles. The molecule has 2 aliphatic rings. The van der Waals surface area contributed by atoms with Crippen LogP contribution in [0.15, 0.2) is 18.2 Å². The molecule has 8 heteroatoms. The molecule has 1 saturated heterocycles. The number of amides is 2. The smallest absolute Gasteiger partial charge is 0.248 e. The van der Waals surface area contributed by atoms with Crippen LogP contribution in [0.1, 0.15) is 35.2 Å². The van der Waals surface area contributed by atoms with Gasteiger partial charge in [0, 0.05) is 23.7 Å². The fraction of sp³-hybridized carbons (Fsp3) is 0.556. The number of hydrogen-bond acceptors (Lipinski definition) is 4. The van der Waals surface area contributed by atoms with Crippen molar-refractivity contribution in [1.29, 1.82) is 0 Å². The van der Waals surface area contributed by atoms with Crippen molar-refractivity contribution in [2.75, 3.05) is 32.5 Å². The normalized spacial score (nSPS) is 20.0. The quantitative estimate of drug-likeness (QED) is 0.702. The molecule has 2 amide bonds. The van der Waals surface area contributed by atoms with Gasteiger partial charge in [-0.1, -0.05) is 6.07 Å². The van der Waals surface area contributed by atoms with Gasteiger partial charge in [0.25, 0.3) is 0 Å². The van der Waals surface area contributed by atoms with Crippen LogP contribution < -0.4 is 16.4 Å². The minimum absolute atomic E-state index is 0. The van der Waals surface area contributed by atoms with E-state index in [-0.39, 0.29) is 42.1 Å². The van der Waals surface area contributed by atoms with Crippen LogP contribution in [0.2, 0.25) is 0 Å². The van der Waals surface area contributed by atoms with Crippen LogP contribution in [-0.4, -0.2) is 43.9 Å². The zero-order valence-electron chi connectivity index (χ0n) is 15.2. The number of rotatable bonds is 5. The number of nitrogens with one attached hydrogen (secondary N) is 2. The van der Waals surface area contributed by atoms with E-state index >= 15 is 0 Å². The summed E-state index contributed by atoms with van der Waals surface area (Å²) in [6.07, 6.45) is 3.10. The summed E-state index contributed by atoms with van der Waals surface area (Å²) in [4.78, 5) is 26.2. The predicted molar refractivity (Wildman–Crippen MR) is 108 cm³/mol. The molecule has 4 N–H and O–H groups in total. The van der Waals surface area contributed by atoms with Gasteiger partial charge in [-0.3, -0.25) is 9.59 Å². The van der Waals surface area contributed by atoms with Gasteiger partial charge < -0.3 is 21.3 Å². The molecule has 2 fully saturated rings. The molecule has 0 aromatic heterocycles. The van der Waals surface area contributed by atoms with Gasteiger partial charge in [0.15, 0.2) is 0 Å². The number of nitrogens with zero attached hydrogens (tertiary/aromatic N) is 1. The average Bonchev–Trinajstić information content (AvgIpc) is 3.22. The Morgan fingerprint density at radius 1 is 1.27 bits per heavy atom. The highest BCUT2D eigenvalue weighted by atomic mass is 35.5. The maximum Gasteiger partial charge on any atom is 0.248 e. The van der Waals surface area contributed by atoms with Crippen molar-refractivity contribution in [3.05, 3.63) is 29.3 Å². The maximum absolute atomic E-state index is 12.7. The number of carbonyl (C=O) groups excluding carboxylic acids is 2. The topological polar surface area (TPSA) is 87.5 Å². The Hall–Kier alpha value is -1.34. The lowest BCUT2D eigenvalue weighted by molar-refractivity contribution is -0.118. The molecule has 0 bridgehead atoms. The molecule has 0 radical (unpaired) electrons. The Balaban J connectivity index is 0.00000169. The van der Waals surface area contributed by atoms with Gasteiger partial charge in [0.2, 0.25) is 11.8 Å². The number of halogens is 2. The summed E-state index contributed by atoms with van der Waals surface area (Å²) < 4.78 is 0. The highest BCUT2D eigenvalue weighted by Crippen LogP contribution is 2.58. The van der Waals surface area contributed by atoms with E-state index in [1.54, 1.807) is 12.1 Å². The zero-order chi connectivity index (χ0) is 17.3. The van der Waals surface area contributed by atoms with Crippen LogP contribution in [0.5, 0.6) is 0 Å². The second-order valence-corrected chi connectivity index (χ2v) is 7.33. The molecule has 1 aliphatic carbocycles. The Bertz CT molecular complexity index is 661. The Labute approximate surface area is 167 Å². The van der Waals surface area contributed by atoms with Crippen LogP contribution in [0.4, 0.5) is 5.69 Å². The van der Waals surface area contributed by atoms with Crippen molar-refractivity contribution in [1.82, 2.24) is 10.2 Å². The Morgan fingerprint density at radius 2 is 1.92 bits per heavy atom. The molecule has 3 rings (SSSR count). The van der Waals surface area contributed by atoms with Gasteiger partial charge >= 0.3 is 0 Å². The molecule has 1 saturated carbocycles. The first-order valence-electron chi connectivity index (χ1n) is 8.50. The molecular formula is C18H28Cl2N4O2. The molecule has 1 unspecified atom stereocenters. The summed E-state index contributed by atoms with van der Waals surface area (Å²) in [7, 11) is 3.94. The van der Waals surface area contributed by atoms with Gasteiger partial charge in [0.05, 0.1) is 0 Å². The molecule has 1 aliphatic heterocycles. The van der Waals surface area contributed by atoms with Crippen molar-refractivity contribution in [2.45, 2.75) is 25.8 Å². The van der Waals surface area contributed by atoms with Crippen LogP contribution in [0.25, 0.3) is 0 Å². The molecule has 1 spiro atoms. The summed E-state index contributed by atoms with van der Waals surface area (Å²) in [6.45, 7) is 2.67. The minimum atomic E-state index is -0.483. The highest BCUT2D eigenvalue weighted by molar-refractivity contribution is 5.98. The average molecular weight is 403 g/mol. The molecular weight excluding hydrogens is 375 g/mol. The first kappa shape index (κ1) is 22.7. The zero-order valence-corrected chi connectivity index (χ0v) is 16.8. The standard InChI is InChI=1S/C18H26N4O2.2ClH/c1-22(2)11-13-4-3-12(16(19)23)9-15(13)21-17(24)14-10-18(14)5-7-20-8-6-18;;/h3-4,9,14,20H,5-8,10-11H2,1-2H3,(H2,19,23)(H,21,24);2*1H. The third-order valence-electron chi connectivity index (χ3n) is 5.24. The van der Waals surface area contributed by atoms with Crippen LogP contribution >= 0.6 is 24.8 Å². The van der Waals surface area contributed by atoms with E-state index in [4.69, 9.17) is 5.73 Å². The summed E-state index contributed by atoms with van der Waals surface area (Å²) in [5, 5.41) is 6.40. The van der Waals surface area contributed by atoms with E-state index in [0.717, 1.165) is 37.9 Å². The van der Waals surface area contributed by atoms with E-state index in [9.17, 15) is 9.59 Å². The van der Waals surface area contributed by atoms with E-state index in [0.29, 0.717) is 17.8 Å². The lowest BCUT2D eigenvalue weighted by atomic mass is 9.91. The molecule has 26 heavy (non-hydrogen) atoms. The number of primary amides is 1. The van der Waals surface area contributed by atoms with Crippen molar-refractivity contribution >= 4 is 42.3 Å². The SMILES string of the molecule is CN(C)Cc1ccc(C(N)=O)cc1NC(=O)C1CC12CCNCC2.Cl.Cl. The number of benzene rings is 1. The lowest BCUT2D eigenvalue weighted by Crippen LogP contribution is -2.31. The van der Waals surface area contributed by atoms with Crippen LogP contribution in [0.3, 0.4) is 0 Å². The Kier molecular flexibility index (Phi) is 7.89. The lowest BCUT2D eigenvalue weighted by Gasteiger charge is -2.23. The number of anilines is 1. The summed E-state index contributed by atoms with van der Waals surface area (Å²) >= 11 is 0. The summed E-state index contributed by atoms with van der Waals surface area (Å²) in [6, 6.07) is 5.27. The second kappa shape index (κ2) is 9.04. The maximum atomic E-state index is 12.7. The number of nitrogens with two attached hydrogens (primary N) is 1. The second-order valence-electron chi connectivity index (χ2n) is 7.33. The fourth-order valence-electron chi connectivity index (χ4n) is 3.74. The third-order valence-corrected chi connectivity index (χ3v) is 5.24. The van der Waals surface area contributed by atoms with Gasteiger partial charge in [-0.15, -0.1) is 24.8 Å². The van der Waals surface area contributed by atoms with Crippen molar-refractivity contribution in [3.63, 3.8) is 0 Å². The molecule has 1 aromatic carbocycles. The third kappa shape index (κ3) is 4.88. The van der Waals surface area contributed by atoms with Crippen molar-refractivity contribution < 1.29 is 9.59 Å².